The monoisotopic (exact) mass is 271 g/mol. The number of terminal acetylenes is 1. The van der Waals surface area contributed by atoms with Crippen LogP contribution in [0.4, 0.5) is 5.69 Å². The molecule has 0 saturated carbocycles. The van der Waals surface area contributed by atoms with Gasteiger partial charge < -0.3 is 15.2 Å². The average molecular weight is 272 g/mol. The highest BCUT2D eigenvalue weighted by atomic mass is 35.5. The van der Waals surface area contributed by atoms with Crippen LogP contribution < -0.4 is 10.9 Å². The van der Waals surface area contributed by atoms with Crippen LogP contribution in [0, 0.1) is 12.3 Å². The standard InChI is InChI=1S/C11H14ClN3O3/c1-3-4-15-11(17)10(9(12)5-13-15)14-8(6-16)7-18-2/h1,5,8,14,16H,4,6-7H2,2H3. The Morgan fingerprint density at radius 3 is 3.06 bits per heavy atom. The van der Waals surface area contributed by atoms with Crippen LogP contribution in [-0.4, -0.2) is 41.3 Å². The fourth-order valence-corrected chi connectivity index (χ4v) is 1.52. The topological polar surface area (TPSA) is 76.4 Å². The number of aliphatic hydroxyl groups excluding tert-OH is 1. The molecule has 18 heavy (non-hydrogen) atoms. The maximum absolute atomic E-state index is 12.0. The van der Waals surface area contributed by atoms with E-state index in [-0.39, 0.29) is 30.5 Å². The Balaban J connectivity index is 3.04. The first kappa shape index (κ1) is 14.5. The van der Waals surface area contributed by atoms with Crippen LogP contribution in [0.25, 0.3) is 0 Å². The first-order valence-electron chi connectivity index (χ1n) is 5.19. The third-order valence-electron chi connectivity index (χ3n) is 2.18. The molecule has 1 aromatic heterocycles. The number of ether oxygens (including phenoxy) is 1. The van der Waals surface area contributed by atoms with E-state index < -0.39 is 11.6 Å². The first-order chi connectivity index (χ1) is 8.63. The number of hydrogen-bond donors (Lipinski definition) is 2. The van der Waals surface area contributed by atoms with Crippen molar-refractivity contribution in [2.45, 2.75) is 12.6 Å². The minimum absolute atomic E-state index is 0.0543. The van der Waals surface area contributed by atoms with Gasteiger partial charge in [-0.1, -0.05) is 17.5 Å². The van der Waals surface area contributed by atoms with E-state index in [1.165, 1.54) is 13.3 Å². The molecule has 0 aliphatic carbocycles. The zero-order valence-corrected chi connectivity index (χ0v) is 10.6. The van der Waals surface area contributed by atoms with Gasteiger partial charge in [0.1, 0.15) is 12.2 Å². The minimum atomic E-state index is -0.435. The number of nitrogens with one attached hydrogen (secondary N) is 1. The van der Waals surface area contributed by atoms with Gasteiger partial charge >= 0.3 is 0 Å². The molecule has 0 aliphatic heterocycles. The Hall–Kier alpha value is -1.55. The van der Waals surface area contributed by atoms with Crippen molar-refractivity contribution >= 4 is 17.3 Å². The Bertz CT molecular complexity index is 495. The van der Waals surface area contributed by atoms with E-state index in [4.69, 9.17) is 27.9 Å². The summed E-state index contributed by atoms with van der Waals surface area (Å²) in [6.45, 7) is 0.101. The van der Waals surface area contributed by atoms with Crippen LogP contribution in [-0.2, 0) is 11.3 Å². The van der Waals surface area contributed by atoms with Crippen molar-refractivity contribution in [1.82, 2.24) is 9.78 Å². The lowest BCUT2D eigenvalue weighted by atomic mass is 10.3. The van der Waals surface area contributed by atoms with Gasteiger partial charge in [0.15, 0.2) is 0 Å². The highest BCUT2D eigenvalue weighted by molar-refractivity contribution is 6.33. The normalized spacial score (nSPS) is 11.9. The number of halogens is 1. The van der Waals surface area contributed by atoms with E-state index in [0.29, 0.717) is 0 Å². The summed E-state index contributed by atoms with van der Waals surface area (Å²) in [5.74, 6) is 2.32. The van der Waals surface area contributed by atoms with Crippen LogP contribution in [0.1, 0.15) is 0 Å². The minimum Gasteiger partial charge on any atom is -0.394 e. The van der Waals surface area contributed by atoms with Crippen molar-refractivity contribution in [2.24, 2.45) is 0 Å². The molecule has 0 aromatic carbocycles. The van der Waals surface area contributed by atoms with Gasteiger partial charge in [0, 0.05) is 7.11 Å². The number of anilines is 1. The van der Waals surface area contributed by atoms with Crippen LogP contribution in [0.5, 0.6) is 0 Å². The molecule has 1 aromatic rings. The van der Waals surface area contributed by atoms with Crippen molar-refractivity contribution in [1.29, 1.82) is 0 Å². The molecule has 1 unspecified atom stereocenters. The van der Waals surface area contributed by atoms with Crippen LogP contribution in [0.3, 0.4) is 0 Å². The summed E-state index contributed by atoms with van der Waals surface area (Å²) in [6, 6.07) is -0.429. The Labute approximate surface area is 110 Å². The molecule has 0 radical (unpaired) electrons. The summed E-state index contributed by atoms with van der Waals surface area (Å²) in [6.07, 6.45) is 6.45. The molecule has 0 amide bonds. The number of aromatic nitrogens is 2. The molecule has 1 rings (SSSR count). The maximum atomic E-state index is 12.0. The number of nitrogens with zero attached hydrogens (tertiary/aromatic N) is 2. The third kappa shape index (κ3) is 3.47. The second-order valence-electron chi connectivity index (χ2n) is 3.51. The number of rotatable bonds is 6. The van der Waals surface area contributed by atoms with Crippen molar-refractivity contribution in [2.75, 3.05) is 25.6 Å². The second-order valence-corrected chi connectivity index (χ2v) is 3.92. The number of aliphatic hydroxyl groups is 1. The van der Waals surface area contributed by atoms with Gasteiger partial charge in [-0.15, -0.1) is 6.42 Å². The van der Waals surface area contributed by atoms with Gasteiger partial charge in [0.25, 0.3) is 5.56 Å². The largest absolute Gasteiger partial charge is 0.394 e. The van der Waals surface area contributed by atoms with Crippen LogP contribution in [0.2, 0.25) is 5.02 Å². The maximum Gasteiger partial charge on any atom is 0.292 e. The van der Waals surface area contributed by atoms with E-state index in [1.807, 2.05) is 0 Å². The first-order valence-corrected chi connectivity index (χ1v) is 5.57. The molecule has 6 nitrogen and oxygen atoms in total. The predicted molar refractivity (Wildman–Crippen MR) is 68.7 cm³/mol. The van der Waals surface area contributed by atoms with Crippen LogP contribution in [0.15, 0.2) is 11.0 Å². The molecule has 0 fully saturated rings. The molecule has 1 atom stereocenters. The van der Waals surface area contributed by atoms with E-state index in [9.17, 15) is 4.79 Å². The summed E-state index contributed by atoms with van der Waals surface area (Å²) in [5.41, 5.74) is -0.284. The molecule has 2 N–H and O–H groups in total. The smallest absolute Gasteiger partial charge is 0.292 e. The van der Waals surface area contributed by atoms with Gasteiger partial charge in [-0.3, -0.25) is 4.79 Å². The molecular weight excluding hydrogens is 258 g/mol. The number of hydrogen-bond acceptors (Lipinski definition) is 5. The summed E-state index contributed by atoms with van der Waals surface area (Å²) in [5, 5.41) is 15.9. The summed E-state index contributed by atoms with van der Waals surface area (Å²) in [7, 11) is 1.50. The molecule has 1 heterocycles. The molecule has 7 heteroatoms. The van der Waals surface area contributed by atoms with Crippen LogP contribution >= 0.6 is 11.6 Å². The van der Waals surface area contributed by atoms with Gasteiger partial charge in [-0.25, -0.2) is 4.68 Å². The quantitative estimate of drug-likeness (QED) is 0.710. The predicted octanol–water partition coefficient (Wildman–Crippen LogP) is -0.0509. The van der Waals surface area contributed by atoms with Crippen molar-refractivity contribution in [3.05, 3.63) is 21.6 Å². The van der Waals surface area contributed by atoms with Gasteiger partial charge in [0.05, 0.1) is 30.5 Å². The summed E-state index contributed by atoms with van der Waals surface area (Å²) >= 11 is 5.89. The lowest BCUT2D eigenvalue weighted by Gasteiger charge is -2.17. The van der Waals surface area contributed by atoms with Crippen molar-refractivity contribution in [3.8, 4) is 12.3 Å². The zero-order valence-electron chi connectivity index (χ0n) is 9.89. The van der Waals surface area contributed by atoms with Gasteiger partial charge in [0.2, 0.25) is 0 Å². The second kappa shape index (κ2) is 7.01. The lowest BCUT2D eigenvalue weighted by molar-refractivity contribution is 0.153. The summed E-state index contributed by atoms with van der Waals surface area (Å²) < 4.78 is 6.01. The SMILES string of the molecule is C#CCn1ncc(Cl)c(NC(CO)COC)c1=O. The molecule has 0 bridgehead atoms. The Kier molecular flexibility index (Phi) is 5.65. The van der Waals surface area contributed by atoms with Crippen molar-refractivity contribution < 1.29 is 9.84 Å². The fourth-order valence-electron chi connectivity index (χ4n) is 1.34. The molecular formula is C11H14ClN3O3. The number of methoxy groups -OCH3 is 1. The highest BCUT2D eigenvalue weighted by Crippen LogP contribution is 2.16. The molecule has 98 valence electrons. The zero-order chi connectivity index (χ0) is 13.5. The molecule has 0 spiro atoms. The van der Waals surface area contributed by atoms with Gasteiger partial charge in [-0.05, 0) is 0 Å². The molecule has 0 saturated heterocycles. The lowest BCUT2D eigenvalue weighted by Crippen LogP contribution is -2.34. The van der Waals surface area contributed by atoms with E-state index in [0.717, 1.165) is 4.68 Å². The fraction of sp³-hybridized carbons (Fsp3) is 0.455. The molecule has 0 aliphatic rings. The Morgan fingerprint density at radius 1 is 1.78 bits per heavy atom. The highest BCUT2D eigenvalue weighted by Gasteiger charge is 2.14. The summed E-state index contributed by atoms with van der Waals surface area (Å²) in [4.78, 5) is 12.0. The van der Waals surface area contributed by atoms with E-state index >= 15 is 0 Å². The van der Waals surface area contributed by atoms with E-state index in [1.54, 1.807) is 0 Å². The van der Waals surface area contributed by atoms with E-state index in [2.05, 4.69) is 16.3 Å². The third-order valence-corrected chi connectivity index (χ3v) is 2.46. The van der Waals surface area contributed by atoms with Gasteiger partial charge in [-0.2, -0.15) is 5.10 Å². The Morgan fingerprint density at radius 2 is 2.50 bits per heavy atom. The average Bonchev–Trinajstić information content (AvgIpc) is 2.36. The van der Waals surface area contributed by atoms with Crippen molar-refractivity contribution in [3.63, 3.8) is 0 Å².